The van der Waals surface area contributed by atoms with Gasteiger partial charge in [0.05, 0.1) is 12.2 Å². The number of rotatable bonds is 7. The first-order chi connectivity index (χ1) is 7.72. The van der Waals surface area contributed by atoms with Crippen molar-refractivity contribution in [3.8, 4) is 0 Å². The van der Waals surface area contributed by atoms with Gasteiger partial charge in [-0.05, 0) is 24.8 Å². The van der Waals surface area contributed by atoms with Gasteiger partial charge >= 0.3 is 0 Å². The lowest BCUT2D eigenvalue weighted by Gasteiger charge is -2.12. The van der Waals surface area contributed by atoms with E-state index in [1.807, 2.05) is 18.2 Å². The molecule has 0 heterocycles. The van der Waals surface area contributed by atoms with Gasteiger partial charge in [-0.2, -0.15) is 0 Å². The normalized spacial score (nSPS) is 14.4. The average Bonchev–Trinajstić information content (AvgIpc) is 2.30. The summed E-state index contributed by atoms with van der Waals surface area (Å²) in [6, 6.07) is 10.2. The van der Waals surface area contributed by atoms with Gasteiger partial charge in [-0.3, -0.25) is 0 Å². The van der Waals surface area contributed by atoms with Gasteiger partial charge in [0, 0.05) is 6.42 Å². The topological polar surface area (TPSA) is 40.5 Å². The third-order valence-electron chi connectivity index (χ3n) is 2.63. The molecule has 0 bridgehead atoms. The summed E-state index contributed by atoms with van der Waals surface area (Å²) >= 11 is 0. The summed E-state index contributed by atoms with van der Waals surface area (Å²) in [7, 11) is 0. The van der Waals surface area contributed by atoms with Crippen molar-refractivity contribution in [3.63, 3.8) is 0 Å². The first-order valence-corrected chi connectivity index (χ1v) is 5.75. The van der Waals surface area contributed by atoms with E-state index in [1.54, 1.807) is 0 Å². The lowest BCUT2D eigenvalue weighted by molar-refractivity contribution is 0.0965. The summed E-state index contributed by atoms with van der Waals surface area (Å²) in [6.45, 7) is 3.48. The maximum absolute atomic E-state index is 9.62. The Bertz CT molecular complexity index is 295. The zero-order chi connectivity index (χ0) is 11.8. The van der Waals surface area contributed by atoms with Gasteiger partial charge in [-0.1, -0.05) is 36.4 Å². The smallest absolute Gasteiger partial charge is 0.0742 e. The predicted molar refractivity (Wildman–Crippen MR) is 66.2 cm³/mol. The second-order valence-corrected chi connectivity index (χ2v) is 4.07. The highest BCUT2D eigenvalue weighted by atomic mass is 16.3. The van der Waals surface area contributed by atoms with Crippen LogP contribution in [0.3, 0.4) is 0 Å². The lowest BCUT2D eigenvalue weighted by Crippen LogP contribution is -2.15. The van der Waals surface area contributed by atoms with E-state index in [0.717, 1.165) is 19.3 Å². The minimum absolute atomic E-state index is 0.387. The first kappa shape index (κ1) is 12.9. The van der Waals surface area contributed by atoms with E-state index in [4.69, 9.17) is 0 Å². The van der Waals surface area contributed by atoms with Crippen molar-refractivity contribution < 1.29 is 10.2 Å². The monoisotopic (exact) mass is 220 g/mol. The zero-order valence-corrected chi connectivity index (χ0v) is 9.55. The molecular formula is C14H20O2. The standard InChI is InChI=1S/C14H20O2/c1-2-13(15)11-14(16)10-6-9-12-7-4-3-5-8-12/h2-5,7-8,13-16H,1,6,9-11H2. The molecule has 0 saturated carbocycles. The SMILES string of the molecule is C=CC(O)CC(O)CCCc1ccccc1. The molecule has 16 heavy (non-hydrogen) atoms. The average molecular weight is 220 g/mol. The minimum Gasteiger partial charge on any atom is -0.393 e. The molecule has 2 nitrogen and oxygen atoms in total. The molecule has 0 radical (unpaired) electrons. The van der Waals surface area contributed by atoms with Gasteiger partial charge in [0.2, 0.25) is 0 Å². The van der Waals surface area contributed by atoms with Crippen molar-refractivity contribution in [1.29, 1.82) is 0 Å². The summed E-state index contributed by atoms with van der Waals surface area (Å²) in [4.78, 5) is 0. The fraction of sp³-hybridized carbons (Fsp3) is 0.429. The van der Waals surface area contributed by atoms with Crippen LogP contribution in [-0.4, -0.2) is 22.4 Å². The molecule has 0 aromatic heterocycles. The molecule has 0 amide bonds. The second-order valence-electron chi connectivity index (χ2n) is 4.07. The molecule has 0 aliphatic heterocycles. The van der Waals surface area contributed by atoms with E-state index in [1.165, 1.54) is 11.6 Å². The van der Waals surface area contributed by atoms with Crippen LogP contribution in [0, 0.1) is 0 Å². The number of hydrogen-bond donors (Lipinski definition) is 2. The van der Waals surface area contributed by atoms with Crippen LogP contribution in [-0.2, 0) is 6.42 Å². The summed E-state index contributed by atoms with van der Waals surface area (Å²) in [5.74, 6) is 0. The van der Waals surface area contributed by atoms with E-state index < -0.39 is 12.2 Å². The zero-order valence-electron chi connectivity index (χ0n) is 9.55. The van der Waals surface area contributed by atoms with Gasteiger partial charge in [0.15, 0.2) is 0 Å². The van der Waals surface area contributed by atoms with E-state index in [9.17, 15) is 10.2 Å². The number of hydrogen-bond acceptors (Lipinski definition) is 2. The van der Waals surface area contributed by atoms with Crippen molar-refractivity contribution >= 4 is 0 Å². The largest absolute Gasteiger partial charge is 0.393 e. The molecule has 0 aliphatic carbocycles. The van der Waals surface area contributed by atoms with E-state index in [-0.39, 0.29) is 0 Å². The number of benzene rings is 1. The maximum Gasteiger partial charge on any atom is 0.0742 e. The van der Waals surface area contributed by atoms with Gasteiger partial charge in [0.1, 0.15) is 0 Å². The number of aryl methyl sites for hydroxylation is 1. The van der Waals surface area contributed by atoms with Gasteiger partial charge in [0.25, 0.3) is 0 Å². The molecular weight excluding hydrogens is 200 g/mol. The van der Waals surface area contributed by atoms with Crippen LogP contribution >= 0.6 is 0 Å². The molecule has 1 aromatic carbocycles. The fourth-order valence-electron chi connectivity index (χ4n) is 1.68. The van der Waals surface area contributed by atoms with Crippen LogP contribution in [0.15, 0.2) is 43.0 Å². The molecule has 0 aliphatic rings. The van der Waals surface area contributed by atoms with Crippen molar-refractivity contribution in [2.24, 2.45) is 0 Å². The predicted octanol–water partition coefficient (Wildman–Crippen LogP) is 2.31. The highest BCUT2D eigenvalue weighted by Gasteiger charge is 2.08. The van der Waals surface area contributed by atoms with E-state index in [2.05, 4.69) is 18.7 Å². The van der Waals surface area contributed by atoms with Crippen molar-refractivity contribution in [2.45, 2.75) is 37.9 Å². The van der Waals surface area contributed by atoms with Gasteiger partial charge in [-0.15, -0.1) is 6.58 Å². The molecule has 0 fully saturated rings. The van der Waals surface area contributed by atoms with E-state index in [0.29, 0.717) is 6.42 Å². The quantitative estimate of drug-likeness (QED) is 0.692. The molecule has 2 atom stereocenters. The Kier molecular flexibility index (Phi) is 5.83. The van der Waals surface area contributed by atoms with Gasteiger partial charge in [-0.25, -0.2) is 0 Å². The Morgan fingerprint density at radius 1 is 1.19 bits per heavy atom. The lowest BCUT2D eigenvalue weighted by atomic mass is 10.0. The Labute approximate surface area is 97.2 Å². The van der Waals surface area contributed by atoms with Crippen LogP contribution in [0.2, 0.25) is 0 Å². The molecule has 1 aromatic rings. The molecule has 0 saturated heterocycles. The Morgan fingerprint density at radius 3 is 2.50 bits per heavy atom. The van der Waals surface area contributed by atoms with Crippen molar-refractivity contribution in [3.05, 3.63) is 48.6 Å². The van der Waals surface area contributed by atoms with Crippen LogP contribution in [0.1, 0.15) is 24.8 Å². The fourth-order valence-corrected chi connectivity index (χ4v) is 1.68. The highest BCUT2D eigenvalue weighted by molar-refractivity contribution is 5.14. The van der Waals surface area contributed by atoms with Crippen molar-refractivity contribution in [2.75, 3.05) is 0 Å². The summed E-state index contributed by atoms with van der Waals surface area (Å²) in [6.07, 6.45) is 3.46. The molecule has 2 heteroatoms. The number of aliphatic hydroxyl groups excluding tert-OH is 2. The van der Waals surface area contributed by atoms with E-state index >= 15 is 0 Å². The minimum atomic E-state index is -0.591. The second kappa shape index (κ2) is 7.20. The summed E-state index contributed by atoms with van der Waals surface area (Å²) < 4.78 is 0. The highest BCUT2D eigenvalue weighted by Crippen LogP contribution is 2.10. The molecule has 1 rings (SSSR count). The van der Waals surface area contributed by atoms with Crippen LogP contribution in [0.4, 0.5) is 0 Å². The number of aliphatic hydroxyl groups is 2. The third kappa shape index (κ3) is 5.10. The van der Waals surface area contributed by atoms with Crippen LogP contribution < -0.4 is 0 Å². The Morgan fingerprint density at radius 2 is 1.88 bits per heavy atom. The molecule has 2 unspecified atom stereocenters. The first-order valence-electron chi connectivity index (χ1n) is 5.75. The summed E-state index contributed by atoms with van der Waals surface area (Å²) in [5.41, 5.74) is 1.29. The third-order valence-corrected chi connectivity index (χ3v) is 2.63. The van der Waals surface area contributed by atoms with Crippen molar-refractivity contribution in [1.82, 2.24) is 0 Å². The summed E-state index contributed by atoms with van der Waals surface area (Å²) in [5, 5.41) is 18.9. The van der Waals surface area contributed by atoms with Crippen LogP contribution in [0.25, 0.3) is 0 Å². The van der Waals surface area contributed by atoms with Gasteiger partial charge < -0.3 is 10.2 Å². The molecule has 88 valence electrons. The Balaban J connectivity index is 2.18. The van der Waals surface area contributed by atoms with Crippen LogP contribution in [0.5, 0.6) is 0 Å². The maximum atomic E-state index is 9.62. The molecule has 0 spiro atoms. The molecule has 2 N–H and O–H groups in total. The Hall–Kier alpha value is -1.12.